The van der Waals surface area contributed by atoms with Crippen LogP contribution < -0.4 is 23.7 Å². The Morgan fingerprint density at radius 3 is 1.52 bits per heavy atom. The molecule has 0 aliphatic carbocycles. The van der Waals surface area contributed by atoms with Gasteiger partial charge in [0.1, 0.15) is 45.7 Å². The molecular formula is C54H63IN6O8. The molecule has 10 rings (SSSR count). The number of aryl methyl sites for hydroxylation is 2. The summed E-state index contributed by atoms with van der Waals surface area (Å²) in [5.41, 5.74) is 6.32. The van der Waals surface area contributed by atoms with Crippen molar-refractivity contribution >= 4 is 34.4 Å². The maximum absolute atomic E-state index is 13.5. The second kappa shape index (κ2) is 20.8. The van der Waals surface area contributed by atoms with Crippen LogP contribution in [0.3, 0.4) is 0 Å². The molecule has 4 aliphatic heterocycles. The topological polar surface area (TPSA) is 143 Å². The number of aromatic nitrogens is 4. The average Bonchev–Trinajstić information content (AvgIpc) is 3.93. The normalized spacial score (nSPS) is 15.8. The zero-order valence-corrected chi connectivity index (χ0v) is 43.0. The molecule has 2 amide bonds. The lowest BCUT2D eigenvalue weighted by Crippen LogP contribution is -2.49. The van der Waals surface area contributed by atoms with Crippen molar-refractivity contribution in [2.75, 3.05) is 39.4 Å². The molecule has 6 heterocycles. The standard InChI is InChI=1S/C27H31N3O4.C24H25N3O4.C3H7I/c1-5-32-19-10-11-21(24(16-19)33-18(2)3)26(31)30-14-12-27(13-15-30)22-17-28-29(4)25(22)20-8-6-7-9-23(20)34-27;1-3-30-16-8-9-17(20(28)14-16)23(29)27-12-10-24(11-13-27)19-15-25-26(2)22(19)18-6-4-5-7-21(18)31-24;1-3(2)4/h6-11,16-18H,5,12-15H2,1-4H3;4-9,14-15,28H,3,10-13H2,1-2H3;3H,1-2H3. The number of amides is 2. The first-order valence-corrected chi connectivity index (χ1v) is 25.2. The molecule has 0 saturated carbocycles. The zero-order valence-electron chi connectivity index (χ0n) is 40.8. The van der Waals surface area contributed by atoms with Gasteiger partial charge in [0.25, 0.3) is 11.8 Å². The fraction of sp³-hybridized carbons (Fsp3) is 0.407. The summed E-state index contributed by atoms with van der Waals surface area (Å²) in [7, 11) is 3.91. The smallest absolute Gasteiger partial charge is 0.257 e. The van der Waals surface area contributed by atoms with Crippen molar-refractivity contribution in [2.45, 2.75) is 88.5 Å². The molecule has 2 aromatic heterocycles. The van der Waals surface area contributed by atoms with E-state index in [2.05, 4.69) is 58.8 Å². The van der Waals surface area contributed by atoms with Crippen molar-refractivity contribution in [3.63, 3.8) is 0 Å². The summed E-state index contributed by atoms with van der Waals surface area (Å²) in [6, 6.07) is 26.4. The number of ether oxygens (including phenoxy) is 5. The Labute approximate surface area is 418 Å². The highest BCUT2D eigenvalue weighted by atomic mass is 127. The highest BCUT2D eigenvalue weighted by Gasteiger charge is 2.47. The van der Waals surface area contributed by atoms with Gasteiger partial charge < -0.3 is 38.6 Å². The van der Waals surface area contributed by atoms with Crippen LogP contribution in [-0.4, -0.2) is 95.7 Å². The van der Waals surface area contributed by atoms with Gasteiger partial charge in [-0.25, -0.2) is 0 Å². The fourth-order valence-electron chi connectivity index (χ4n) is 9.68. The molecule has 2 spiro atoms. The summed E-state index contributed by atoms with van der Waals surface area (Å²) >= 11 is 2.34. The maximum Gasteiger partial charge on any atom is 0.257 e. The van der Waals surface area contributed by atoms with Crippen molar-refractivity contribution in [1.29, 1.82) is 0 Å². The Bertz CT molecular complexity index is 2780. The molecule has 1 N–H and O–H groups in total. The van der Waals surface area contributed by atoms with Crippen LogP contribution >= 0.6 is 22.6 Å². The van der Waals surface area contributed by atoms with Crippen LogP contribution in [-0.2, 0) is 25.3 Å². The number of carbonyl (C=O) groups excluding carboxylic acids is 2. The van der Waals surface area contributed by atoms with E-state index >= 15 is 0 Å². The lowest BCUT2D eigenvalue weighted by atomic mass is 9.81. The monoisotopic (exact) mass is 1050 g/mol. The summed E-state index contributed by atoms with van der Waals surface area (Å²) in [5, 5.41) is 19.4. The Balaban J connectivity index is 0.000000173. The van der Waals surface area contributed by atoms with Gasteiger partial charge >= 0.3 is 0 Å². The largest absolute Gasteiger partial charge is 0.507 e. The number of piperidine rings is 2. The van der Waals surface area contributed by atoms with E-state index in [-0.39, 0.29) is 29.2 Å². The predicted octanol–water partition coefficient (Wildman–Crippen LogP) is 10.3. The van der Waals surface area contributed by atoms with Crippen molar-refractivity contribution in [3.8, 4) is 57.0 Å². The van der Waals surface area contributed by atoms with Gasteiger partial charge in [0.2, 0.25) is 0 Å². The first kappa shape index (κ1) is 49.2. The van der Waals surface area contributed by atoms with E-state index in [4.69, 9.17) is 23.7 Å². The first-order chi connectivity index (χ1) is 33.2. The number of rotatable bonds is 8. The number of phenolic OH excluding ortho intramolecular Hbond substituents is 1. The molecule has 0 unspecified atom stereocenters. The summed E-state index contributed by atoms with van der Waals surface area (Å²) in [6.45, 7) is 15.3. The molecule has 2 fully saturated rings. The Morgan fingerprint density at radius 1 is 0.667 bits per heavy atom. The lowest BCUT2D eigenvalue weighted by Gasteiger charge is -2.44. The third-order valence-electron chi connectivity index (χ3n) is 12.8. The van der Waals surface area contributed by atoms with Crippen LogP contribution in [0.25, 0.3) is 22.5 Å². The number of nitrogens with zero attached hydrogens (tertiary/aromatic N) is 6. The molecular weight excluding hydrogens is 988 g/mol. The van der Waals surface area contributed by atoms with Crippen LogP contribution in [0, 0.1) is 0 Å². The van der Waals surface area contributed by atoms with Gasteiger partial charge in [-0.1, -0.05) is 60.7 Å². The highest BCUT2D eigenvalue weighted by Crippen LogP contribution is 2.51. The molecule has 2 saturated heterocycles. The molecule has 6 aromatic rings. The SMILES string of the molecule is CC(C)I.CCOc1ccc(C(=O)N2CCC3(CC2)Oc2ccccc2-c2c3cnn2C)c(O)c1.CCOc1ccc(C(=O)N2CCC3(CC2)Oc2ccccc2-c2c3cnn2C)c(OC(C)C)c1. The van der Waals surface area contributed by atoms with Gasteiger partial charge in [-0.2, -0.15) is 10.2 Å². The summed E-state index contributed by atoms with van der Waals surface area (Å²) in [6.07, 6.45) is 6.47. The van der Waals surface area contributed by atoms with Crippen LogP contribution in [0.4, 0.5) is 0 Å². The molecule has 69 heavy (non-hydrogen) atoms. The van der Waals surface area contributed by atoms with Crippen LogP contribution in [0.1, 0.15) is 99.1 Å². The van der Waals surface area contributed by atoms with Crippen molar-refractivity contribution < 1.29 is 38.4 Å². The molecule has 4 aromatic carbocycles. The number of para-hydroxylation sites is 2. The number of aromatic hydroxyl groups is 1. The maximum atomic E-state index is 13.5. The minimum Gasteiger partial charge on any atom is -0.507 e. The highest BCUT2D eigenvalue weighted by molar-refractivity contribution is 14.1. The second-order valence-corrected chi connectivity index (χ2v) is 20.7. The minimum atomic E-state index is -0.504. The van der Waals surface area contributed by atoms with E-state index in [9.17, 15) is 14.7 Å². The van der Waals surface area contributed by atoms with Crippen molar-refractivity contribution in [1.82, 2.24) is 29.4 Å². The molecule has 364 valence electrons. The zero-order chi connectivity index (χ0) is 49.0. The number of carbonyl (C=O) groups is 2. The van der Waals surface area contributed by atoms with Gasteiger partial charge in [-0.3, -0.25) is 19.0 Å². The molecule has 0 bridgehead atoms. The van der Waals surface area contributed by atoms with Crippen LogP contribution in [0.2, 0.25) is 0 Å². The summed E-state index contributed by atoms with van der Waals surface area (Å²) in [5.74, 6) is 3.25. The Morgan fingerprint density at radius 2 is 1.09 bits per heavy atom. The number of alkyl halides is 1. The van der Waals surface area contributed by atoms with E-state index in [1.54, 1.807) is 17.0 Å². The van der Waals surface area contributed by atoms with Crippen molar-refractivity contribution in [3.05, 3.63) is 120 Å². The van der Waals surface area contributed by atoms with Gasteiger partial charge in [-0.15, -0.1) is 0 Å². The van der Waals surface area contributed by atoms with Gasteiger partial charge in [-0.05, 0) is 76.2 Å². The average molecular weight is 1050 g/mol. The Kier molecular flexibility index (Phi) is 14.8. The molecule has 0 radical (unpaired) electrons. The van der Waals surface area contributed by atoms with Gasteiger partial charge in [0, 0.05) is 104 Å². The quantitative estimate of drug-likeness (QED) is 0.116. The minimum absolute atomic E-state index is 0.0313. The summed E-state index contributed by atoms with van der Waals surface area (Å²) < 4.78 is 34.8. The number of benzene rings is 4. The number of phenols is 1. The number of fused-ring (bicyclic) bond motifs is 8. The first-order valence-electron chi connectivity index (χ1n) is 23.9. The van der Waals surface area contributed by atoms with E-state index < -0.39 is 11.2 Å². The molecule has 15 heteroatoms. The van der Waals surface area contributed by atoms with E-state index in [1.165, 1.54) is 6.07 Å². The Hall–Kier alpha value is -6.23. The van der Waals surface area contributed by atoms with Gasteiger partial charge in [0.15, 0.2) is 0 Å². The van der Waals surface area contributed by atoms with Gasteiger partial charge in [0.05, 0.1) is 54.2 Å². The van der Waals surface area contributed by atoms with E-state index in [0.717, 1.165) is 49.1 Å². The van der Waals surface area contributed by atoms with Crippen LogP contribution in [0.15, 0.2) is 97.3 Å². The second-order valence-electron chi connectivity index (χ2n) is 18.2. The van der Waals surface area contributed by atoms with E-state index in [0.29, 0.717) is 87.9 Å². The number of hydrogen-bond acceptors (Lipinski definition) is 10. The lowest BCUT2D eigenvalue weighted by molar-refractivity contribution is -0.00237. The number of hydrogen-bond donors (Lipinski definition) is 1. The van der Waals surface area contributed by atoms with Crippen molar-refractivity contribution in [2.24, 2.45) is 14.1 Å². The predicted molar refractivity (Wildman–Crippen MR) is 274 cm³/mol. The van der Waals surface area contributed by atoms with E-state index in [1.807, 2.05) is 123 Å². The number of halogens is 1. The molecule has 14 nitrogen and oxygen atoms in total. The third-order valence-corrected chi connectivity index (χ3v) is 12.8. The van der Waals surface area contributed by atoms with Crippen LogP contribution in [0.5, 0.6) is 34.5 Å². The molecule has 0 atom stereocenters. The summed E-state index contributed by atoms with van der Waals surface area (Å²) in [4.78, 5) is 30.3. The fourth-order valence-corrected chi connectivity index (χ4v) is 9.68. The molecule has 4 aliphatic rings. The number of likely N-dealkylation sites (tertiary alicyclic amines) is 2. The third kappa shape index (κ3) is 10.1.